The maximum absolute atomic E-state index is 12.5. The van der Waals surface area contributed by atoms with Crippen LogP contribution >= 0.6 is 0 Å². The fourth-order valence-electron chi connectivity index (χ4n) is 2.08. The van der Waals surface area contributed by atoms with Gasteiger partial charge in [0, 0.05) is 22.7 Å². The first-order valence-electron chi connectivity index (χ1n) is 5.95. The molecule has 0 saturated carbocycles. The summed E-state index contributed by atoms with van der Waals surface area (Å²) in [7, 11) is 0. The summed E-state index contributed by atoms with van der Waals surface area (Å²) in [6.45, 7) is 5.73. The summed E-state index contributed by atoms with van der Waals surface area (Å²) in [6.07, 6.45) is 1.70. The molecule has 1 aromatic heterocycles. The average Bonchev–Trinajstić information content (AvgIpc) is 2.71. The first-order chi connectivity index (χ1) is 8.45. The predicted octanol–water partition coefficient (Wildman–Crippen LogP) is 3.54. The molecule has 0 radical (unpaired) electrons. The van der Waals surface area contributed by atoms with Gasteiger partial charge in [0.05, 0.1) is 6.07 Å². The predicted molar refractivity (Wildman–Crippen MR) is 71.2 cm³/mol. The van der Waals surface area contributed by atoms with Crippen LogP contribution in [0.4, 0.5) is 0 Å². The van der Waals surface area contributed by atoms with Crippen LogP contribution in [0.5, 0.6) is 0 Å². The van der Waals surface area contributed by atoms with Crippen molar-refractivity contribution in [3.63, 3.8) is 0 Å². The molecule has 0 saturated heterocycles. The number of H-pyrrole nitrogens is 1. The normalized spacial score (nSPS) is 13.2. The molecule has 0 aliphatic rings. The average molecular weight is 240 g/mol. The van der Waals surface area contributed by atoms with Crippen LogP contribution in [-0.2, 0) is 0 Å². The van der Waals surface area contributed by atoms with Gasteiger partial charge in [-0.05, 0) is 11.5 Å². The summed E-state index contributed by atoms with van der Waals surface area (Å²) in [5.74, 6) is -0.737. The van der Waals surface area contributed by atoms with Gasteiger partial charge in [-0.3, -0.25) is 4.79 Å². The number of aromatic amines is 1. The van der Waals surface area contributed by atoms with Crippen LogP contribution in [0.2, 0.25) is 0 Å². The Morgan fingerprint density at radius 3 is 2.61 bits per heavy atom. The van der Waals surface area contributed by atoms with Gasteiger partial charge >= 0.3 is 0 Å². The molecule has 1 N–H and O–H groups in total. The summed E-state index contributed by atoms with van der Waals surface area (Å²) in [4.78, 5) is 15.5. The zero-order valence-corrected chi connectivity index (χ0v) is 10.8. The van der Waals surface area contributed by atoms with E-state index in [9.17, 15) is 10.1 Å². The monoisotopic (exact) mass is 240 g/mol. The number of nitriles is 1. The van der Waals surface area contributed by atoms with E-state index in [1.807, 2.05) is 45.0 Å². The lowest BCUT2D eigenvalue weighted by Crippen LogP contribution is -2.27. The van der Waals surface area contributed by atoms with Gasteiger partial charge in [0.2, 0.25) is 0 Å². The number of carbonyl (C=O) groups excluding carboxylic acids is 1. The third kappa shape index (κ3) is 2.02. The van der Waals surface area contributed by atoms with E-state index in [0.29, 0.717) is 5.56 Å². The Morgan fingerprint density at radius 1 is 1.33 bits per heavy atom. The van der Waals surface area contributed by atoms with Crippen molar-refractivity contribution in [2.24, 2.45) is 11.3 Å². The Kier molecular flexibility index (Phi) is 2.96. The van der Waals surface area contributed by atoms with E-state index in [2.05, 4.69) is 11.1 Å². The highest BCUT2D eigenvalue weighted by molar-refractivity contribution is 6.10. The van der Waals surface area contributed by atoms with Crippen molar-refractivity contribution in [3.05, 3.63) is 36.0 Å². The standard InChI is InChI=1S/C15H16N2O/c1-15(2,3)12(8-16)14(18)11-9-17-13-7-5-4-6-10(11)13/h4-7,9,12,17H,1-3H3. The molecule has 0 aliphatic carbocycles. The number of nitrogens with one attached hydrogen (secondary N) is 1. The van der Waals surface area contributed by atoms with E-state index in [1.54, 1.807) is 6.20 Å². The molecule has 2 aromatic rings. The molecule has 2 rings (SSSR count). The van der Waals surface area contributed by atoms with Crippen LogP contribution in [0, 0.1) is 22.7 Å². The maximum Gasteiger partial charge on any atom is 0.182 e. The lowest BCUT2D eigenvalue weighted by molar-refractivity contribution is 0.0879. The first-order valence-corrected chi connectivity index (χ1v) is 5.95. The number of Topliss-reactive ketones (excluding diaryl/α,β-unsaturated/α-hetero) is 1. The Bertz CT molecular complexity index is 626. The highest BCUT2D eigenvalue weighted by atomic mass is 16.1. The summed E-state index contributed by atoms with van der Waals surface area (Å²) in [5.41, 5.74) is 1.17. The number of rotatable bonds is 2. The van der Waals surface area contributed by atoms with Crippen LogP contribution in [0.25, 0.3) is 10.9 Å². The summed E-state index contributed by atoms with van der Waals surface area (Å²) in [6, 6.07) is 9.76. The quantitative estimate of drug-likeness (QED) is 0.816. The summed E-state index contributed by atoms with van der Waals surface area (Å²) >= 11 is 0. The molecule has 1 unspecified atom stereocenters. The van der Waals surface area contributed by atoms with Gasteiger partial charge < -0.3 is 4.98 Å². The van der Waals surface area contributed by atoms with Crippen LogP contribution < -0.4 is 0 Å². The van der Waals surface area contributed by atoms with E-state index in [0.717, 1.165) is 10.9 Å². The second-order valence-corrected chi connectivity index (χ2v) is 5.54. The van der Waals surface area contributed by atoms with Gasteiger partial charge in [-0.25, -0.2) is 0 Å². The van der Waals surface area contributed by atoms with Crippen molar-refractivity contribution >= 4 is 16.7 Å². The van der Waals surface area contributed by atoms with Crippen molar-refractivity contribution in [3.8, 4) is 6.07 Å². The SMILES string of the molecule is CC(C)(C)C(C#N)C(=O)c1c[nH]c2ccccc12. The molecule has 0 fully saturated rings. The minimum atomic E-state index is -0.628. The molecular weight excluding hydrogens is 224 g/mol. The number of para-hydroxylation sites is 1. The highest BCUT2D eigenvalue weighted by Crippen LogP contribution is 2.30. The van der Waals surface area contributed by atoms with Crippen LogP contribution in [0.3, 0.4) is 0 Å². The highest BCUT2D eigenvalue weighted by Gasteiger charge is 2.32. The Hall–Kier alpha value is -2.08. The van der Waals surface area contributed by atoms with Crippen molar-refractivity contribution in [2.45, 2.75) is 20.8 Å². The lowest BCUT2D eigenvalue weighted by Gasteiger charge is -2.23. The number of aromatic nitrogens is 1. The minimum absolute atomic E-state index is 0.109. The summed E-state index contributed by atoms with van der Waals surface area (Å²) in [5, 5.41) is 10.1. The molecule has 1 aromatic carbocycles. The van der Waals surface area contributed by atoms with Gasteiger partial charge in [-0.1, -0.05) is 39.0 Å². The lowest BCUT2D eigenvalue weighted by atomic mass is 9.77. The molecule has 0 aliphatic heterocycles. The number of carbonyl (C=O) groups is 1. The Morgan fingerprint density at radius 2 is 2.00 bits per heavy atom. The zero-order chi connectivity index (χ0) is 13.3. The fourth-order valence-corrected chi connectivity index (χ4v) is 2.08. The third-order valence-corrected chi connectivity index (χ3v) is 3.11. The number of fused-ring (bicyclic) bond motifs is 1. The van der Waals surface area contributed by atoms with Crippen molar-refractivity contribution in [2.75, 3.05) is 0 Å². The molecule has 0 bridgehead atoms. The number of ketones is 1. The van der Waals surface area contributed by atoms with Crippen molar-refractivity contribution < 1.29 is 4.79 Å². The topological polar surface area (TPSA) is 56.6 Å². The summed E-state index contributed by atoms with van der Waals surface area (Å²) < 4.78 is 0. The van der Waals surface area contributed by atoms with Gasteiger partial charge in [-0.15, -0.1) is 0 Å². The number of benzene rings is 1. The second kappa shape index (κ2) is 4.30. The van der Waals surface area contributed by atoms with Crippen molar-refractivity contribution in [1.29, 1.82) is 5.26 Å². The molecule has 1 atom stereocenters. The van der Waals surface area contributed by atoms with Gasteiger partial charge in [-0.2, -0.15) is 5.26 Å². The van der Waals surface area contributed by atoms with E-state index in [1.165, 1.54) is 0 Å². The molecule has 0 spiro atoms. The number of hydrogen-bond donors (Lipinski definition) is 1. The largest absolute Gasteiger partial charge is 0.360 e. The molecule has 1 heterocycles. The fraction of sp³-hybridized carbons (Fsp3) is 0.333. The molecule has 3 nitrogen and oxygen atoms in total. The van der Waals surface area contributed by atoms with E-state index >= 15 is 0 Å². The first kappa shape index (κ1) is 12.4. The Balaban J connectivity index is 2.49. The zero-order valence-electron chi connectivity index (χ0n) is 10.8. The molecule has 92 valence electrons. The maximum atomic E-state index is 12.5. The van der Waals surface area contributed by atoms with Crippen LogP contribution in [0.1, 0.15) is 31.1 Å². The number of hydrogen-bond acceptors (Lipinski definition) is 2. The van der Waals surface area contributed by atoms with E-state index in [4.69, 9.17) is 0 Å². The van der Waals surface area contributed by atoms with E-state index < -0.39 is 5.92 Å². The second-order valence-electron chi connectivity index (χ2n) is 5.54. The molecule has 3 heteroatoms. The molecule has 18 heavy (non-hydrogen) atoms. The number of nitrogens with zero attached hydrogens (tertiary/aromatic N) is 1. The van der Waals surface area contributed by atoms with Crippen LogP contribution in [-0.4, -0.2) is 10.8 Å². The molecule has 0 amide bonds. The third-order valence-electron chi connectivity index (χ3n) is 3.11. The van der Waals surface area contributed by atoms with E-state index in [-0.39, 0.29) is 11.2 Å². The smallest absolute Gasteiger partial charge is 0.182 e. The van der Waals surface area contributed by atoms with Gasteiger partial charge in [0.1, 0.15) is 5.92 Å². The molecular formula is C15H16N2O. The van der Waals surface area contributed by atoms with Gasteiger partial charge in [0.15, 0.2) is 5.78 Å². The van der Waals surface area contributed by atoms with Gasteiger partial charge in [0.25, 0.3) is 0 Å². The Labute approximate surface area is 106 Å². The van der Waals surface area contributed by atoms with Crippen LogP contribution in [0.15, 0.2) is 30.5 Å². The minimum Gasteiger partial charge on any atom is -0.360 e. The van der Waals surface area contributed by atoms with Crippen molar-refractivity contribution in [1.82, 2.24) is 4.98 Å².